The zero-order valence-corrected chi connectivity index (χ0v) is 35.0. The number of aliphatic hydroxyl groups excluding tert-OH is 1. The summed E-state index contributed by atoms with van der Waals surface area (Å²) in [7, 11) is 1.52. The van der Waals surface area contributed by atoms with Crippen molar-refractivity contribution >= 4 is 46.4 Å². The Morgan fingerprint density at radius 3 is 2.30 bits per heavy atom. The first-order chi connectivity index (χ1) is 30.5. The number of hydrogen-bond acceptors (Lipinski definition) is 12. The summed E-state index contributed by atoms with van der Waals surface area (Å²) in [6.07, 6.45) is 5.95. The first kappa shape index (κ1) is 44.4. The minimum atomic E-state index is -1.62. The standard InChI is InChI=1S/C45H51N7O11/c1-61-28-14-15-34-29(17-28)31(32-23-52-36(41(32)51-34)18-30-33(44(52)59)24-63-45(60)42(30)57)19-46-38(54)21-49-43(58)35(16-26-10-6-5-7-11-26)50-39(55)22-47-37(53)20-48-40(56)25-62-27-12-8-3-2-4-9-13-27/h5-7,10-11,14-15,17-18,27,35,42,57H,2-4,8-9,12-13,16,19-25H2,1H3,(H,46,54)(H,47,53)(H,48,56)(H,49,58)(H,50,55). The first-order valence-electron chi connectivity index (χ1n) is 21.1. The number of pyridine rings is 2. The molecule has 2 aliphatic heterocycles. The van der Waals surface area contributed by atoms with Gasteiger partial charge in [0.2, 0.25) is 29.5 Å². The number of fused-ring (bicyclic) bond motifs is 5. The third kappa shape index (κ3) is 10.9. The van der Waals surface area contributed by atoms with E-state index < -0.39 is 66.3 Å². The Morgan fingerprint density at radius 2 is 1.54 bits per heavy atom. The van der Waals surface area contributed by atoms with E-state index in [1.807, 2.05) is 6.07 Å². The van der Waals surface area contributed by atoms with E-state index in [4.69, 9.17) is 19.2 Å². The zero-order chi connectivity index (χ0) is 44.5. The van der Waals surface area contributed by atoms with Crippen LogP contribution in [0.25, 0.3) is 22.3 Å². The second-order valence-corrected chi connectivity index (χ2v) is 15.8. The maximum absolute atomic E-state index is 13.6. The molecule has 6 N–H and O–H groups in total. The minimum Gasteiger partial charge on any atom is -0.497 e. The van der Waals surface area contributed by atoms with Crippen LogP contribution in [0, 0.1) is 0 Å². The maximum Gasteiger partial charge on any atom is 0.340 e. The molecule has 0 saturated heterocycles. The Bertz CT molecular complexity index is 2450. The minimum absolute atomic E-state index is 0.0203. The Balaban J connectivity index is 0.959. The number of carbonyl (C=O) groups is 6. The number of hydrogen-bond donors (Lipinski definition) is 6. The van der Waals surface area contributed by atoms with Crippen LogP contribution in [0.1, 0.15) is 78.9 Å². The van der Waals surface area contributed by atoms with Crippen molar-refractivity contribution in [2.45, 2.75) is 89.3 Å². The summed E-state index contributed by atoms with van der Waals surface area (Å²) in [4.78, 5) is 95.3. The lowest BCUT2D eigenvalue weighted by Gasteiger charge is -2.21. The number of carbonyl (C=O) groups excluding carboxylic acids is 6. The van der Waals surface area contributed by atoms with E-state index in [0.717, 1.165) is 44.1 Å². The molecular weight excluding hydrogens is 815 g/mol. The number of rotatable bonds is 16. The number of nitrogens with one attached hydrogen (secondary N) is 5. The molecule has 0 spiro atoms. The third-order valence-electron chi connectivity index (χ3n) is 11.5. The van der Waals surface area contributed by atoms with Crippen LogP contribution in [0.5, 0.6) is 5.75 Å². The lowest BCUT2D eigenvalue weighted by atomic mass is 9.98. The van der Waals surface area contributed by atoms with Gasteiger partial charge in [-0.15, -0.1) is 0 Å². The first-order valence-corrected chi connectivity index (χ1v) is 21.1. The molecule has 18 nitrogen and oxygen atoms in total. The molecule has 18 heteroatoms. The van der Waals surface area contributed by atoms with Crippen LogP contribution in [0.4, 0.5) is 0 Å². The predicted molar refractivity (Wildman–Crippen MR) is 227 cm³/mol. The van der Waals surface area contributed by atoms with E-state index in [9.17, 15) is 38.7 Å². The van der Waals surface area contributed by atoms with Gasteiger partial charge in [-0.05, 0) is 48.2 Å². The lowest BCUT2D eigenvalue weighted by Crippen LogP contribution is -2.52. The summed E-state index contributed by atoms with van der Waals surface area (Å²) >= 11 is 0. The molecule has 4 heterocycles. The number of ether oxygens (including phenoxy) is 3. The van der Waals surface area contributed by atoms with Gasteiger partial charge in [0.15, 0.2) is 6.10 Å². The topological polar surface area (TPSA) is 245 Å². The molecule has 2 aromatic heterocycles. The van der Waals surface area contributed by atoms with Crippen LogP contribution < -0.4 is 36.9 Å². The molecule has 3 aliphatic rings. The highest BCUT2D eigenvalue weighted by atomic mass is 16.5. The molecule has 0 bridgehead atoms. The Kier molecular flexibility index (Phi) is 14.4. The number of cyclic esters (lactones) is 1. The zero-order valence-electron chi connectivity index (χ0n) is 35.0. The Labute approximate surface area is 362 Å². The van der Waals surface area contributed by atoms with E-state index in [1.54, 1.807) is 48.5 Å². The van der Waals surface area contributed by atoms with E-state index in [-0.39, 0.29) is 56.5 Å². The van der Waals surface area contributed by atoms with Gasteiger partial charge < -0.3 is 50.5 Å². The number of methoxy groups -OCH3 is 1. The summed E-state index contributed by atoms with van der Waals surface area (Å²) in [5, 5.41) is 24.2. The molecule has 2 unspecified atom stereocenters. The van der Waals surface area contributed by atoms with Crippen molar-refractivity contribution < 1.29 is 48.1 Å². The molecule has 1 aliphatic carbocycles. The summed E-state index contributed by atoms with van der Waals surface area (Å²) < 4.78 is 17.7. The van der Waals surface area contributed by atoms with Crippen molar-refractivity contribution in [3.05, 3.63) is 92.8 Å². The van der Waals surface area contributed by atoms with Crippen LogP contribution in [0.3, 0.4) is 0 Å². The summed E-state index contributed by atoms with van der Waals surface area (Å²) in [5.41, 5.74) is 3.29. The number of aliphatic hydroxyl groups is 1. The molecule has 63 heavy (non-hydrogen) atoms. The van der Waals surface area contributed by atoms with Crippen LogP contribution in [0.15, 0.2) is 59.4 Å². The molecule has 0 radical (unpaired) electrons. The van der Waals surface area contributed by atoms with E-state index >= 15 is 0 Å². The van der Waals surface area contributed by atoms with Crippen LogP contribution in [-0.4, -0.2) is 95.7 Å². The van der Waals surface area contributed by atoms with Crippen molar-refractivity contribution in [2.75, 3.05) is 33.4 Å². The van der Waals surface area contributed by atoms with Gasteiger partial charge in [0.1, 0.15) is 25.0 Å². The van der Waals surface area contributed by atoms with Crippen molar-refractivity contribution in [1.82, 2.24) is 36.1 Å². The fourth-order valence-corrected chi connectivity index (χ4v) is 8.11. The van der Waals surface area contributed by atoms with Gasteiger partial charge in [0, 0.05) is 29.5 Å². The lowest BCUT2D eigenvalue weighted by molar-refractivity contribution is -0.157. The fraction of sp³-hybridized carbons (Fsp3) is 0.422. The van der Waals surface area contributed by atoms with Crippen molar-refractivity contribution in [1.29, 1.82) is 0 Å². The smallest absolute Gasteiger partial charge is 0.340 e. The van der Waals surface area contributed by atoms with Crippen LogP contribution in [0.2, 0.25) is 0 Å². The van der Waals surface area contributed by atoms with E-state index in [1.165, 1.54) is 18.1 Å². The second-order valence-electron chi connectivity index (χ2n) is 15.8. The average molecular weight is 866 g/mol. The normalized spacial score (nSPS) is 16.2. The summed E-state index contributed by atoms with van der Waals surface area (Å²) in [6, 6.07) is 14.6. The quantitative estimate of drug-likeness (QED) is 0.0771. The Morgan fingerprint density at radius 1 is 0.841 bits per heavy atom. The fourth-order valence-electron chi connectivity index (χ4n) is 8.11. The van der Waals surface area contributed by atoms with Crippen LogP contribution in [-0.2, 0) is 64.4 Å². The molecule has 4 aromatic rings. The van der Waals surface area contributed by atoms with Crippen molar-refractivity contribution in [2.24, 2.45) is 0 Å². The Hall–Kier alpha value is -6.66. The summed E-state index contributed by atoms with van der Waals surface area (Å²) in [5.74, 6) is -3.21. The summed E-state index contributed by atoms with van der Waals surface area (Å²) in [6.45, 7) is -1.64. The van der Waals surface area contributed by atoms with Gasteiger partial charge in [-0.3, -0.25) is 28.8 Å². The molecular formula is C45H51N7O11. The average Bonchev–Trinajstić information content (AvgIpc) is 3.64. The number of benzene rings is 2. The SMILES string of the molecule is COc1ccc2nc3c(c(CNC(=O)CNC(=O)C(Cc4ccccc4)NC(=O)CNC(=O)CNC(=O)COC4CCCCCCC4)c2c1)Cn1c-3cc2c(c1=O)COC(=O)C2O. The van der Waals surface area contributed by atoms with Gasteiger partial charge in [0.05, 0.1) is 61.9 Å². The molecule has 2 atom stereocenters. The highest BCUT2D eigenvalue weighted by Crippen LogP contribution is 2.38. The number of esters is 1. The molecule has 5 amide bonds. The van der Waals surface area contributed by atoms with Gasteiger partial charge in [-0.1, -0.05) is 62.4 Å². The molecule has 2 aromatic carbocycles. The second kappa shape index (κ2) is 20.5. The van der Waals surface area contributed by atoms with E-state index in [2.05, 4.69) is 26.6 Å². The highest BCUT2D eigenvalue weighted by molar-refractivity contribution is 5.94. The van der Waals surface area contributed by atoms with Gasteiger partial charge in [-0.25, -0.2) is 9.78 Å². The maximum atomic E-state index is 13.6. The van der Waals surface area contributed by atoms with Crippen molar-refractivity contribution in [3.63, 3.8) is 0 Å². The van der Waals surface area contributed by atoms with Crippen molar-refractivity contribution in [3.8, 4) is 17.1 Å². The van der Waals surface area contributed by atoms with Gasteiger partial charge >= 0.3 is 5.97 Å². The monoisotopic (exact) mass is 865 g/mol. The van der Waals surface area contributed by atoms with Crippen LogP contribution >= 0.6 is 0 Å². The molecule has 7 rings (SSSR count). The largest absolute Gasteiger partial charge is 0.497 e. The van der Waals surface area contributed by atoms with E-state index in [0.29, 0.717) is 39.2 Å². The molecule has 1 saturated carbocycles. The number of amides is 5. The third-order valence-corrected chi connectivity index (χ3v) is 11.5. The van der Waals surface area contributed by atoms with Gasteiger partial charge in [0.25, 0.3) is 5.56 Å². The number of nitrogens with zero attached hydrogens (tertiary/aromatic N) is 2. The molecule has 332 valence electrons. The van der Waals surface area contributed by atoms with Gasteiger partial charge in [-0.2, -0.15) is 0 Å². The molecule has 1 fully saturated rings. The number of aromatic nitrogens is 2. The highest BCUT2D eigenvalue weighted by Gasteiger charge is 2.35. The predicted octanol–water partition coefficient (Wildman–Crippen LogP) is 1.35.